The molecule has 0 aliphatic heterocycles. The van der Waals surface area contributed by atoms with E-state index in [1.807, 2.05) is 6.92 Å². The van der Waals surface area contributed by atoms with Crippen molar-refractivity contribution >= 4 is 40.1 Å². The Kier molecular flexibility index (Phi) is 15.9. The van der Waals surface area contributed by atoms with Gasteiger partial charge in [0.2, 0.25) is 0 Å². The molecule has 13 heavy (non-hydrogen) atoms. The minimum absolute atomic E-state index is 0.734. The first kappa shape index (κ1) is 16.2. The molecule has 0 fully saturated rings. The van der Waals surface area contributed by atoms with Crippen molar-refractivity contribution in [1.29, 1.82) is 0 Å². The van der Waals surface area contributed by atoms with Gasteiger partial charge in [-0.05, 0) is 25.4 Å². The van der Waals surface area contributed by atoms with Gasteiger partial charge in [0.15, 0.2) is 0 Å². The van der Waals surface area contributed by atoms with Gasteiger partial charge in [-0.15, -0.1) is 24.4 Å². The number of rotatable bonds is 4. The molecule has 0 aliphatic carbocycles. The fourth-order valence-electron chi connectivity index (χ4n) is 0.794. The quantitative estimate of drug-likeness (QED) is 0.593. The zero-order valence-electron chi connectivity index (χ0n) is 9.04. The van der Waals surface area contributed by atoms with Crippen LogP contribution < -0.4 is 0 Å². The van der Waals surface area contributed by atoms with Crippen LogP contribution in [0.1, 0.15) is 27.7 Å². The molecule has 0 amide bonds. The van der Waals surface area contributed by atoms with Crippen molar-refractivity contribution in [2.75, 3.05) is 25.4 Å². The molecule has 80 valence electrons. The van der Waals surface area contributed by atoms with Crippen molar-refractivity contribution in [1.82, 2.24) is 4.90 Å². The molecular weight excluding hydrogens is 218 g/mol. The molecule has 0 aromatic rings. The van der Waals surface area contributed by atoms with Gasteiger partial charge >= 0.3 is 0 Å². The van der Waals surface area contributed by atoms with Crippen molar-refractivity contribution < 1.29 is 0 Å². The molecule has 0 rings (SSSR count). The van der Waals surface area contributed by atoms with E-state index < -0.39 is 0 Å². The molecule has 0 radical (unpaired) electrons. The number of thiol groups is 1. The van der Waals surface area contributed by atoms with Gasteiger partial charge in [-0.25, -0.2) is 0 Å². The third-order valence-corrected chi connectivity index (χ3v) is 2.89. The second-order valence-electron chi connectivity index (χ2n) is 2.32. The first-order valence-corrected chi connectivity index (χ1v) is 6.54. The SMILES string of the molecule is CCN(CC)CC.CCSC(=S)S. The van der Waals surface area contributed by atoms with Crippen LogP contribution in [0, 0.1) is 0 Å². The fourth-order valence-corrected chi connectivity index (χ4v) is 1.78. The van der Waals surface area contributed by atoms with E-state index >= 15 is 0 Å². The Hall–Kier alpha value is 0.750. The first-order valence-electron chi connectivity index (χ1n) is 4.70. The maximum atomic E-state index is 4.62. The third kappa shape index (κ3) is 15.5. The minimum Gasteiger partial charge on any atom is -0.304 e. The Morgan fingerprint density at radius 3 is 1.54 bits per heavy atom. The summed E-state index contributed by atoms with van der Waals surface area (Å²) in [5.41, 5.74) is 0. The van der Waals surface area contributed by atoms with Gasteiger partial charge in [0, 0.05) is 0 Å². The Morgan fingerprint density at radius 2 is 1.54 bits per heavy atom. The zero-order chi connectivity index (χ0) is 10.7. The summed E-state index contributed by atoms with van der Waals surface area (Å²) in [6.07, 6.45) is 0. The van der Waals surface area contributed by atoms with Gasteiger partial charge in [0.1, 0.15) is 3.53 Å². The highest BCUT2D eigenvalue weighted by Crippen LogP contribution is 2.04. The summed E-state index contributed by atoms with van der Waals surface area (Å²) in [7, 11) is 0. The molecule has 0 atom stereocenters. The summed E-state index contributed by atoms with van der Waals surface area (Å²) in [6, 6.07) is 0. The fraction of sp³-hybridized carbons (Fsp3) is 0.889. The highest BCUT2D eigenvalue weighted by Gasteiger charge is 1.89. The number of hydrogen-bond acceptors (Lipinski definition) is 3. The van der Waals surface area contributed by atoms with Crippen LogP contribution in [-0.2, 0) is 0 Å². The van der Waals surface area contributed by atoms with E-state index in [1.165, 1.54) is 19.6 Å². The van der Waals surface area contributed by atoms with Crippen LogP contribution in [0.15, 0.2) is 0 Å². The van der Waals surface area contributed by atoms with Crippen molar-refractivity contribution in [2.24, 2.45) is 0 Å². The van der Waals surface area contributed by atoms with Crippen LogP contribution in [0.4, 0.5) is 0 Å². The van der Waals surface area contributed by atoms with Gasteiger partial charge in [-0.3, -0.25) is 0 Å². The lowest BCUT2D eigenvalue weighted by atomic mass is 10.5. The van der Waals surface area contributed by atoms with Crippen molar-refractivity contribution in [3.05, 3.63) is 0 Å². The van der Waals surface area contributed by atoms with E-state index in [2.05, 4.69) is 50.5 Å². The predicted octanol–water partition coefficient (Wildman–Crippen LogP) is 3.30. The molecule has 0 saturated carbocycles. The highest BCUT2D eigenvalue weighted by molar-refractivity contribution is 8.41. The van der Waals surface area contributed by atoms with E-state index in [-0.39, 0.29) is 0 Å². The maximum Gasteiger partial charge on any atom is 0.101 e. The lowest BCUT2D eigenvalue weighted by Gasteiger charge is -2.13. The van der Waals surface area contributed by atoms with E-state index in [9.17, 15) is 0 Å². The van der Waals surface area contributed by atoms with Gasteiger partial charge in [0.25, 0.3) is 0 Å². The second kappa shape index (κ2) is 12.8. The number of thioether (sulfide) groups is 1. The van der Waals surface area contributed by atoms with Crippen molar-refractivity contribution in [3.8, 4) is 0 Å². The molecule has 0 saturated heterocycles. The smallest absolute Gasteiger partial charge is 0.101 e. The van der Waals surface area contributed by atoms with Crippen LogP contribution in [0.2, 0.25) is 0 Å². The predicted molar refractivity (Wildman–Crippen MR) is 73.2 cm³/mol. The summed E-state index contributed by atoms with van der Waals surface area (Å²) in [6.45, 7) is 12.2. The minimum atomic E-state index is 0.734. The molecule has 1 nitrogen and oxygen atoms in total. The Morgan fingerprint density at radius 1 is 1.15 bits per heavy atom. The summed E-state index contributed by atoms with van der Waals surface area (Å²) >= 11 is 10.1. The molecule has 0 unspecified atom stereocenters. The van der Waals surface area contributed by atoms with Crippen LogP contribution in [0.25, 0.3) is 0 Å². The normalized spacial score (nSPS) is 9.38. The van der Waals surface area contributed by atoms with E-state index in [0.29, 0.717) is 0 Å². The van der Waals surface area contributed by atoms with E-state index in [4.69, 9.17) is 0 Å². The van der Waals surface area contributed by atoms with Gasteiger partial charge in [-0.2, -0.15) is 0 Å². The van der Waals surface area contributed by atoms with Crippen LogP contribution in [0.5, 0.6) is 0 Å². The average molecular weight is 239 g/mol. The number of nitrogens with zero attached hydrogens (tertiary/aromatic N) is 1. The Bertz CT molecular complexity index is 108. The topological polar surface area (TPSA) is 3.24 Å². The van der Waals surface area contributed by atoms with Gasteiger partial charge in [-0.1, -0.05) is 39.9 Å². The molecule has 0 aliphatic rings. The molecule has 0 spiro atoms. The zero-order valence-corrected chi connectivity index (χ0v) is 11.6. The molecule has 0 aromatic carbocycles. The first-order chi connectivity index (χ1) is 6.12. The van der Waals surface area contributed by atoms with E-state index in [1.54, 1.807) is 11.8 Å². The van der Waals surface area contributed by atoms with Crippen molar-refractivity contribution in [2.45, 2.75) is 27.7 Å². The summed E-state index contributed by atoms with van der Waals surface area (Å²) in [5.74, 6) is 1.03. The van der Waals surface area contributed by atoms with Crippen LogP contribution in [0.3, 0.4) is 0 Å². The molecule has 0 bridgehead atoms. The maximum absolute atomic E-state index is 4.62. The molecular formula is C9H21NS3. The monoisotopic (exact) mass is 239 g/mol. The van der Waals surface area contributed by atoms with E-state index in [0.717, 1.165) is 9.28 Å². The lowest BCUT2D eigenvalue weighted by Crippen LogP contribution is -2.21. The average Bonchev–Trinajstić information content (AvgIpc) is 2.08. The lowest BCUT2D eigenvalue weighted by molar-refractivity contribution is 0.321. The molecule has 4 heteroatoms. The molecule has 0 aromatic heterocycles. The number of hydrogen-bond donors (Lipinski definition) is 1. The Labute approximate surface area is 98.1 Å². The van der Waals surface area contributed by atoms with Crippen LogP contribution in [-0.4, -0.2) is 33.8 Å². The standard InChI is InChI=1S/C6H15N.C3H6S3/c1-4-7(5-2)6-3;1-2-6-3(4)5/h4-6H2,1-3H3;2H2,1H3,(H,4,5). The molecule has 0 heterocycles. The summed E-state index contributed by atoms with van der Waals surface area (Å²) < 4.78 is 0.734. The van der Waals surface area contributed by atoms with Gasteiger partial charge in [0.05, 0.1) is 0 Å². The van der Waals surface area contributed by atoms with Crippen molar-refractivity contribution in [3.63, 3.8) is 0 Å². The third-order valence-electron chi connectivity index (χ3n) is 1.61. The summed E-state index contributed by atoms with van der Waals surface area (Å²) in [4.78, 5) is 2.38. The Balaban J connectivity index is 0. The van der Waals surface area contributed by atoms with Crippen LogP contribution >= 0.6 is 36.6 Å². The molecule has 0 N–H and O–H groups in total. The second-order valence-corrected chi connectivity index (χ2v) is 5.31. The van der Waals surface area contributed by atoms with Gasteiger partial charge < -0.3 is 4.90 Å². The largest absolute Gasteiger partial charge is 0.304 e. The summed E-state index contributed by atoms with van der Waals surface area (Å²) in [5, 5.41) is 0. The number of thiocarbonyl (C=S) groups is 1. The highest BCUT2D eigenvalue weighted by atomic mass is 32.2.